The van der Waals surface area contributed by atoms with Crippen molar-refractivity contribution in [2.75, 3.05) is 4.90 Å². The molecule has 0 saturated carbocycles. The third kappa shape index (κ3) is 2.75. The Morgan fingerprint density at radius 1 is 1.20 bits per heavy atom. The Morgan fingerprint density at radius 3 is 2.77 bits per heavy atom. The molecular formula is C21H21ClN6OS. The number of piperidine rings is 1. The Bertz CT molecular complexity index is 1260. The van der Waals surface area contributed by atoms with Gasteiger partial charge in [0.25, 0.3) is 0 Å². The van der Waals surface area contributed by atoms with Gasteiger partial charge in [-0.3, -0.25) is 0 Å². The first-order valence-corrected chi connectivity index (χ1v) is 11.4. The predicted molar refractivity (Wildman–Crippen MR) is 120 cm³/mol. The van der Waals surface area contributed by atoms with Gasteiger partial charge in [-0.1, -0.05) is 17.7 Å². The highest BCUT2D eigenvalue weighted by Gasteiger charge is 2.40. The number of anilines is 1. The van der Waals surface area contributed by atoms with E-state index in [1.165, 1.54) is 24.2 Å². The van der Waals surface area contributed by atoms with E-state index in [0.717, 1.165) is 51.2 Å². The molecule has 4 N–H and O–H groups in total. The fourth-order valence-corrected chi connectivity index (χ4v) is 6.33. The monoisotopic (exact) mass is 440 g/mol. The maximum absolute atomic E-state index is 9.38. The van der Waals surface area contributed by atoms with Gasteiger partial charge in [-0.05, 0) is 31.7 Å². The summed E-state index contributed by atoms with van der Waals surface area (Å²) >= 11 is 8.14. The Morgan fingerprint density at radius 2 is 2.00 bits per heavy atom. The normalized spacial score (nSPS) is 23.7. The molecule has 0 radical (unpaired) electrons. The average molecular weight is 441 g/mol. The fourth-order valence-electron chi connectivity index (χ4n) is 5.09. The fraction of sp³-hybridized carbons (Fsp3) is 0.381. The minimum atomic E-state index is -0.0876. The van der Waals surface area contributed by atoms with Gasteiger partial charge in [0.2, 0.25) is 0 Å². The maximum Gasteiger partial charge on any atom is 0.159 e. The second-order valence-corrected chi connectivity index (χ2v) is 9.65. The number of nitrogens with two attached hydrogens (primary N) is 1. The van der Waals surface area contributed by atoms with Crippen molar-refractivity contribution in [2.45, 2.75) is 50.4 Å². The van der Waals surface area contributed by atoms with E-state index in [1.807, 2.05) is 24.5 Å². The number of fused-ring (bicyclic) bond motifs is 4. The van der Waals surface area contributed by atoms with E-state index in [4.69, 9.17) is 27.3 Å². The molecule has 2 saturated heterocycles. The number of nitrogens with zero attached hydrogens (tertiary/aromatic N) is 4. The molecule has 2 aliphatic heterocycles. The summed E-state index contributed by atoms with van der Waals surface area (Å²) in [6.07, 6.45) is 8.18. The molecule has 5 heterocycles. The molecule has 9 heteroatoms. The van der Waals surface area contributed by atoms with Gasteiger partial charge < -0.3 is 20.7 Å². The smallest absolute Gasteiger partial charge is 0.159 e. The number of halogens is 1. The number of nitrogens with one attached hydrogen (secondary N) is 1. The Kier molecular flexibility index (Phi) is 4.24. The van der Waals surface area contributed by atoms with Crippen LogP contribution in [0.3, 0.4) is 0 Å². The van der Waals surface area contributed by atoms with Crippen LogP contribution in [-0.2, 0) is 6.61 Å². The summed E-state index contributed by atoms with van der Waals surface area (Å²) < 4.78 is 0.873. The van der Waals surface area contributed by atoms with Crippen molar-refractivity contribution in [1.82, 2.24) is 19.9 Å². The molecular weight excluding hydrogens is 420 g/mol. The molecule has 0 spiro atoms. The van der Waals surface area contributed by atoms with Crippen molar-refractivity contribution >= 4 is 50.1 Å². The van der Waals surface area contributed by atoms with Crippen LogP contribution < -0.4 is 10.6 Å². The highest BCUT2D eigenvalue weighted by atomic mass is 35.5. The van der Waals surface area contributed by atoms with E-state index in [-0.39, 0.29) is 6.61 Å². The summed E-state index contributed by atoms with van der Waals surface area (Å²) in [5.41, 5.74) is 10.4. The number of benzene rings is 1. The number of hydrogen-bond donors (Lipinski definition) is 3. The van der Waals surface area contributed by atoms with E-state index in [9.17, 15) is 5.11 Å². The predicted octanol–water partition coefficient (Wildman–Crippen LogP) is 3.84. The highest BCUT2D eigenvalue weighted by molar-refractivity contribution is 7.19. The van der Waals surface area contributed by atoms with E-state index >= 15 is 0 Å². The first-order chi connectivity index (χ1) is 14.6. The maximum atomic E-state index is 9.38. The number of hydrogen-bond acceptors (Lipinski definition) is 7. The SMILES string of the molecule is NC1CC2CCC(C1)N2c1cnc2c(-c3ccc4nc(CO)sc4c3Cl)c[nH]c2n1. The van der Waals surface area contributed by atoms with Gasteiger partial charge in [0.1, 0.15) is 16.3 Å². The molecule has 1 aromatic carbocycles. The van der Waals surface area contributed by atoms with Crippen LogP contribution in [0.5, 0.6) is 0 Å². The molecule has 4 aromatic rings. The van der Waals surface area contributed by atoms with Gasteiger partial charge in [-0.2, -0.15) is 0 Å². The van der Waals surface area contributed by atoms with Crippen LogP contribution in [0, 0.1) is 0 Å². The number of aromatic nitrogens is 4. The first-order valence-electron chi connectivity index (χ1n) is 10.2. The van der Waals surface area contributed by atoms with E-state index in [1.54, 1.807) is 0 Å². The summed E-state index contributed by atoms with van der Waals surface area (Å²) in [6, 6.07) is 5.10. The zero-order valence-corrected chi connectivity index (χ0v) is 17.7. The van der Waals surface area contributed by atoms with E-state index in [0.29, 0.717) is 28.2 Å². The molecule has 2 fully saturated rings. The average Bonchev–Trinajstić information content (AvgIpc) is 3.42. The van der Waals surface area contributed by atoms with Gasteiger partial charge in [0, 0.05) is 35.4 Å². The van der Waals surface area contributed by atoms with Crippen molar-refractivity contribution in [2.24, 2.45) is 5.73 Å². The topological polar surface area (TPSA) is 104 Å². The Hall–Kier alpha value is -2.26. The summed E-state index contributed by atoms with van der Waals surface area (Å²) in [4.78, 5) is 19.8. The summed E-state index contributed by atoms with van der Waals surface area (Å²) in [7, 11) is 0. The lowest BCUT2D eigenvalue weighted by Crippen LogP contribution is -2.47. The standard InChI is InChI=1S/C21H21ClN6OS/c22-18-13(3-4-15-20(18)30-17(9-29)26-15)14-7-25-21-19(14)24-8-16(27-21)28-11-1-2-12(28)6-10(23)5-11/h3-4,7-8,10-12,29H,1-2,5-6,9,23H2,(H,25,27). The Labute approximate surface area is 181 Å². The van der Waals surface area contributed by atoms with Crippen LogP contribution >= 0.6 is 22.9 Å². The summed E-state index contributed by atoms with van der Waals surface area (Å²) in [6.45, 7) is -0.0876. The van der Waals surface area contributed by atoms with Crippen LogP contribution in [0.4, 0.5) is 5.82 Å². The lowest BCUT2D eigenvalue weighted by atomic mass is 9.98. The van der Waals surface area contributed by atoms with Crippen LogP contribution in [0.2, 0.25) is 5.02 Å². The molecule has 0 amide bonds. The second-order valence-electron chi connectivity index (χ2n) is 8.19. The van der Waals surface area contributed by atoms with Gasteiger partial charge in [-0.15, -0.1) is 11.3 Å². The zero-order chi connectivity index (χ0) is 20.4. The van der Waals surface area contributed by atoms with Gasteiger partial charge >= 0.3 is 0 Å². The van der Waals surface area contributed by atoms with Crippen molar-refractivity contribution in [1.29, 1.82) is 0 Å². The van der Waals surface area contributed by atoms with E-state index < -0.39 is 0 Å². The minimum absolute atomic E-state index is 0.0876. The molecule has 2 atom stereocenters. The lowest BCUT2D eigenvalue weighted by Gasteiger charge is -2.38. The number of aliphatic hydroxyl groups is 1. The van der Waals surface area contributed by atoms with Crippen molar-refractivity contribution < 1.29 is 5.11 Å². The quantitative estimate of drug-likeness (QED) is 0.447. The molecule has 7 nitrogen and oxygen atoms in total. The molecule has 2 unspecified atom stereocenters. The second kappa shape index (κ2) is 6.88. The molecule has 3 aromatic heterocycles. The van der Waals surface area contributed by atoms with Crippen LogP contribution in [0.15, 0.2) is 24.5 Å². The highest BCUT2D eigenvalue weighted by Crippen LogP contribution is 2.41. The van der Waals surface area contributed by atoms with Crippen molar-refractivity contribution in [3.63, 3.8) is 0 Å². The number of aliphatic hydroxyl groups excluding tert-OH is 1. The first kappa shape index (κ1) is 18.5. The molecule has 6 rings (SSSR count). The molecule has 154 valence electrons. The number of aromatic amines is 1. The molecule has 0 aliphatic carbocycles. The van der Waals surface area contributed by atoms with E-state index in [2.05, 4.69) is 14.9 Å². The van der Waals surface area contributed by atoms with Crippen LogP contribution in [0.25, 0.3) is 32.5 Å². The molecule has 30 heavy (non-hydrogen) atoms. The van der Waals surface area contributed by atoms with Crippen molar-refractivity contribution in [3.8, 4) is 11.1 Å². The number of H-pyrrole nitrogens is 1. The molecule has 2 aliphatic rings. The third-order valence-electron chi connectivity index (χ3n) is 6.37. The molecule has 2 bridgehead atoms. The van der Waals surface area contributed by atoms with Crippen LogP contribution in [-0.4, -0.2) is 43.2 Å². The number of rotatable bonds is 3. The van der Waals surface area contributed by atoms with Gasteiger partial charge in [-0.25, -0.2) is 15.0 Å². The largest absolute Gasteiger partial charge is 0.389 e. The van der Waals surface area contributed by atoms with Gasteiger partial charge in [0.15, 0.2) is 5.65 Å². The van der Waals surface area contributed by atoms with Crippen LogP contribution in [0.1, 0.15) is 30.7 Å². The van der Waals surface area contributed by atoms with Crippen molar-refractivity contribution in [3.05, 3.63) is 34.6 Å². The third-order valence-corrected chi connectivity index (χ3v) is 7.95. The summed E-state index contributed by atoms with van der Waals surface area (Å²) in [5, 5.41) is 10.7. The number of thiazole rings is 1. The lowest BCUT2D eigenvalue weighted by molar-refractivity contribution is 0.281. The zero-order valence-electron chi connectivity index (χ0n) is 16.2. The van der Waals surface area contributed by atoms with Gasteiger partial charge in [0.05, 0.1) is 28.0 Å². The summed E-state index contributed by atoms with van der Waals surface area (Å²) in [5.74, 6) is 0.923. The minimum Gasteiger partial charge on any atom is -0.389 e. The Balaban J connectivity index is 1.41.